The summed E-state index contributed by atoms with van der Waals surface area (Å²) >= 11 is 0. The molecule has 0 unspecified atom stereocenters. The SMILES string of the molecule is c1ccc(-c2ccc(-c3ccc(N(c4ccccc4)c4ccc(-c5ccccc5-n5c6ccccc6c6ccc(-c7ccc(-c8ccccc8)cc7)cc65)cc4)cc3)cc2)cc1. The Morgan fingerprint density at radius 1 is 0.242 bits per heavy atom. The Labute approximate surface area is 362 Å². The zero-order valence-corrected chi connectivity index (χ0v) is 34.1. The molecule has 0 radical (unpaired) electrons. The first-order valence-corrected chi connectivity index (χ1v) is 21.3. The first-order chi connectivity index (χ1) is 30.7. The van der Waals surface area contributed by atoms with E-state index in [2.05, 4.69) is 264 Å². The van der Waals surface area contributed by atoms with Crippen molar-refractivity contribution in [3.05, 3.63) is 255 Å². The van der Waals surface area contributed by atoms with E-state index >= 15 is 0 Å². The Balaban J connectivity index is 0.943. The molecule has 11 rings (SSSR count). The van der Waals surface area contributed by atoms with Crippen LogP contribution in [0.5, 0.6) is 0 Å². The van der Waals surface area contributed by atoms with Crippen molar-refractivity contribution in [2.75, 3.05) is 4.90 Å². The lowest BCUT2D eigenvalue weighted by atomic mass is 9.99. The number of para-hydroxylation sites is 3. The second kappa shape index (κ2) is 16.1. The molecule has 0 fully saturated rings. The molecule has 0 spiro atoms. The van der Waals surface area contributed by atoms with Gasteiger partial charge in [-0.2, -0.15) is 0 Å². The molecular weight excluding hydrogens is 749 g/mol. The van der Waals surface area contributed by atoms with E-state index in [0.29, 0.717) is 0 Å². The van der Waals surface area contributed by atoms with Gasteiger partial charge in [0.2, 0.25) is 0 Å². The van der Waals surface area contributed by atoms with Crippen molar-refractivity contribution in [3.8, 4) is 61.3 Å². The number of fused-ring (bicyclic) bond motifs is 3. The van der Waals surface area contributed by atoms with Crippen LogP contribution in [0, 0.1) is 0 Å². The van der Waals surface area contributed by atoms with Crippen LogP contribution >= 0.6 is 0 Å². The second-order valence-electron chi connectivity index (χ2n) is 15.8. The van der Waals surface area contributed by atoms with Crippen LogP contribution in [-0.2, 0) is 0 Å². The fraction of sp³-hybridized carbons (Fsp3) is 0. The smallest absolute Gasteiger partial charge is 0.0547 e. The van der Waals surface area contributed by atoms with Crippen molar-refractivity contribution in [1.82, 2.24) is 4.57 Å². The Kier molecular flexibility index (Phi) is 9.57. The molecule has 0 aliphatic rings. The molecule has 10 aromatic carbocycles. The van der Waals surface area contributed by atoms with Crippen molar-refractivity contribution in [3.63, 3.8) is 0 Å². The molecule has 62 heavy (non-hydrogen) atoms. The molecule has 1 aromatic heterocycles. The quantitative estimate of drug-likeness (QED) is 0.141. The standard InChI is InChI=1S/C60H42N2/c1-4-14-43(15-5-1)45-24-26-47(27-25-45)48-32-37-53(38-33-48)61(52-18-8-3-9-19-52)54-39-34-50(35-40-54)55-20-10-12-22-58(55)62-59-23-13-11-21-56(59)57-41-36-51(42-60(57)62)49-30-28-46(29-31-49)44-16-6-2-7-17-44/h1-42H. The van der Waals surface area contributed by atoms with E-state index in [4.69, 9.17) is 0 Å². The van der Waals surface area contributed by atoms with Crippen LogP contribution in [0.25, 0.3) is 83.1 Å². The van der Waals surface area contributed by atoms with Gasteiger partial charge in [0.05, 0.1) is 16.7 Å². The number of hydrogen-bond donors (Lipinski definition) is 0. The van der Waals surface area contributed by atoms with Gasteiger partial charge in [0.15, 0.2) is 0 Å². The van der Waals surface area contributed by atoms with Gasteiger partial charge < -0.3 is 9.47 Å². The highest BCUT2D eigenvalue weighted by Crippen LogP contribution is 2.40. The molecular formula is C60H42N2. The molecule has 0 N–H and O–H groups in total. The highest BCUT2D eigenvalue weighted by Gasteiger charge is 2.18. The second-order valence-corrected chi connectivity index (χ2v) is 15.8. The fourth-order valence-corrected chi connectivity index (χ4v) is 8.91. The van der Waals surface area contributed by atoms with Gasteiger partial charge in [0.1, 0.15) is 0 Å². The van der Waals surface area contributed by atoms with E-state index in [1.165, 1.54) is 71.9 Å². The number of hydrogen-bond acceptors (Lipinski definition) is 1. The van der Waals surface area contributed by atoms with E-state index in [9.17, 15) is 0 Å². The van der Waals surface area contributed by atoms with E-state index in [-0.39, 0.29) is 0 Å². The Bertz CT molecular complexity index is 3280. The zero-order chi connectivity index (χ0) is 41.2. The minimum Gasteiger partial charge on any atom is -0.311 e. The van der Waals surface area contributed by atoms with E-state index in [1.807, 2.05) is 0 Å². The minimum absolute atomic E-state index is 1.09. The summed E-state index contributed by atoms with van der Waals surface area (Å²) < 4.78 is 2.45. The molecule has 0 bridgehead atoms. The Hall–Kier alpha value is -8.20. The molecule has 2 heteroatoms. The maximum atomic E-state index is 2.45. The summed E-state index contributed by atoms with van der Waals surface area (Å²) in [6.45, 7) is 0. The molecule has 0 aliphatic heterocycles. The van der Waals surface area contributed by atoms with Crippen molar-refractivity contribution in [2.45, 2.75) is 0 Å². The van der Waals surface area contributed by atoms with E-state index < -0.39 is 0 Å². The van der Waals surface area contributed by atoms with Crippen LogP contribution in [0.15, 0.2) is 255 Å². The predicted molar refractivity (Wildman–Crippen MR) is 263 cm³/mol. The number of anilines is 3. The maximum Gasteiger partial charge on any atom is 0.0547 e. The third-order valence-electron chi connectivity index (χ3n) is 12.0. The van der Waals surface area contributed by atoms with Crippen LogP contribution < -0.4 is 4.90 Å². The molecule has 2 nitrogen and oxygen atoms in total. The lowest BCUT2D eigenvalue weighted by Gasteiger charge is -2.26. The van der Waals surface area contributed by atoms with Crippen molar-refractivity contribution in [2.24, 2.45) is 0 Å². The third-order valence-corrected chi connectivity index (χ3v) is 12.0. The van der Waals surface area contributed by atoms with Crippen molar-refractivity contribution < 1.29 is 0 Å². The first-order valence-electron chi connectivity index (χ1n) is 21.3. The number of aromatic nitrogens is 1. The van der Waals surface area contributed by atoms with Crippen LogP contribution in [0.1, 0.15) is 0 Å². The number of rotatable bonds is 9. The molecule has 1 heterocycles. The molecule has 0 amide bonds. The largest absolute Gasteiger partial charge is 0.311 e. The average molecular weight is 791 g/mol. The highest BCUT2D eigenvalue weighted by atomic mass is 15.1. The third kappa shape index (κ3) is 6.94. The van der Waals surface area contributed by atoms with Gasteiger partial charge >= 0.3 is 0 Å². The normalized spacial score (nSPS) is 11.2. The summed E-state index contributed by atoms with van der Waals surface area (Å²) in [6.07, 6.45) is 0. The molecule has 0 atom stereocenters. The number of nitrogens with zero attached hydrogens (tertiary/aromatic N) is 2. The van der Waals surface area contributed by atoms with Crippen LogP contribution in [0.3, 0.4) is 0 Å². The molecule has 0 aliphatic carbocycles. The summed E-state index contributed by atoms with van der Waals surface area (Å²) in [7, 11) is 0. The van der Waals surface area contributed by atoms with Gasteiger partial charge in [-0.15, -0.1) is 0 Å². The van der Waals surface area contributed by atoms with Crippen molar-refractivity contribution >= 4 is 38.9 Å². The van der Waals surface area contributed by atoms with Gasteiger partial charge in [0, 0.05) is 33.4 Å². The Morgan fingerprint density at radius 3 is 1.18 bits per heavy atom. The van der Waals surface area contributed by atoms with E-state index in [0.717, 1.165) is 28.3 Å². The van der Waals surface area contributed by atoms with Gasteiger partial charge in [-0.3, -0.25) is 0 Å². The molecule has 0 saturated heterocycles. The van der Waals surface area contributed by atoms with Gasteiger partial charge in [-0.1, -0.05) is 200 Å². The van der Waals surface area contributed by atoms with Gasteiger partial charge in [-0.25, -0.2) is 0 Å². The van der Waals surface area contributed by atoms with Crippen LogP contribution in [-0.4, -0.2) is 4.57 Å². The Morgan fingerprint density at radius 2 is 0.613 bits per heavy atom. The summed E-state index contributed by atoms with van der Waals surface area (Å²) in [4.78, 5) is 2.33. The lowest BCUT2D eigenvalue weighted by Crippen LogP contribution is -2.09. The summed E-state index contributed by atoms with van der Waals surface area (Å²) in [6, 6.07) is 91.9. The summed E-state index contributed by atoms with van der Waals surface area (Å²) in [5, 5.41) is 2.48. The summed E-state index contributed by atoms with van der Waals surface area (Å²) in [5.74, 6) is 0. The van der Waals surface area contributed by atoms with Crippen LogP contribution in [0.4, 0.5) is 17.1 Å². The predicted octanol–water partition coefficient (Wildman–Crippen LogP) is 16.6. The first kappa shape index (κ1) is 36.8. The van der Waals surface area contributed by atoms with Crippen LogP contribution in [0.2, 0.25) is 0 Å². The fourth-order valence-electron chi connectivity index (χ4n) is 8.91. The number of benzene rings is 10. The zero-order valence-electron chi connectivity index (χ0n) is 34.1. The lowest BCUT2D eigenvalue weighted by molar-refractivity contribution is 1.18. The van der Waals surface area contributed by atoms with Gasteiger partial charge in [-0.05, 0) is 105 Å². The molecule has 0 saturated carbocycles. The molecule has 11 aromatic rings. The van der Waals surface area contributed by atoms with Gasteiger partial charge in [0.25, 0.3) is 0 Å². The monoisotopic (exact) mass is 790 g/mol. The molecule has 292 valence electrons. The average Bonchev–Trinajstić information content (AvgIpc) is 3.69. The topological polar surface area (TPSA) is 8.17 Å². The summed E-state index contributed by atoms with van der Waals surface area (Å²) in [5.41, 5.74) is 18.8. The maximum absolute atomic E-state index is 2.45. The van der Waals surface area contributed by atoms with E-state index in [1.54, 1.807) is 0 Å². The highest BCUT2D eigenvalue weighted by molar-refractivity contribution is 6.10. The van der Waals surface area contributed by atoms with Crippen molar-refractivity contribution in [1.29, 1.82) is 0 Å². The minimum atomic E-state index is 1.09.